The van der Waals surface area contributed by atoms with Gasteiger partial charge in [-0.25, -0.2) is 5.26 Å². The Balaban J connectivity index is 0. The fourth-order valence-electron chi connectivity index (χ4n) is 0. The van der Waals surface area contributed by atoms with Crippen LogP contribution in [0.2, 0.25) is 0 Å². The van der Waals surface area contributed by atoms with E-state index in [0.29, 0.717) is 0 Å². The molecule has 0 spiro atoms. The summed E-state index contributed by atoms with van der Waals surface area (Å²) in [4.78, 5) is 0. The predicted molar refractivity (Wildman–Crippen MR) is 11.4 cm³/mol. The molecule has 0 aliphatic carbocycles. The molecule has 1 nitrogen and oxygen atoms in total. The fourth-order valence-corrected chi connectivity index (χ4v) is 0. The minimum absolute atomic E-state index is 0. The van der Waals surface area contributed by atoms with Gasteiger partial charge in [0.2, 0.25) is 7.85 Å². The van der Waals surface area contributed by atoms with E-state index in [-0.39, 0.29) is 37.7 Å². The van der Waals surface area contributed by atoms with Crippen molar-refractivity contribution in [1.29, 1.82) is 5.26 Å². The quantitative estimate of drug-likeness (QED) is 0.362. The van der Waals surface area contributed by atoms with E-state index in [1.54, 1.807) is 0 Å². The van der Waals surface area contributed by atoms with Crippen molar-refractivity contribution in [3.8, 4) is 5.97 Å². The topological polar surface area (TPSA) is 23.8 Å². The van der Waals surface area contributed by atoms with Gasteiger partial charge in [-0.3, -0.25) is 0 Å². The molecule has 0 N–H and O–H groups in total. The Labute approximate surface area is 56.4 Å². The summed E-state index contributed by atoms with van der Waals surface area (Å²) in [6, 6.07) is 0. The van der Waals surface area contributed by atoms with Crippen LogP contribution in [0.25, 0.3) is 0 Å². The van der Waals surface area contributed by atoms with Crippen molar-refractivity contribution >= 4 is 7.85 Å². The Bertz CT molecular complexity index is 29.5. The Hall–Kier alpha value is 0.815. The van der Waals surface area contributed by atoms with Gasteiger partial charge < -0.3 is 0 Å². The van der Waals surface area contributed by atoms with Crippen molar-refractivity contribution in [1.82, 2.24) is 0 Å². The number of rotatable bonds is 0. The number of hydrogen-bond donors (Lipinski definition) is 0. The minimum Gasteiger partial charge on any atom is -0.214 e. The maximum atomic E-state index is 7.10. The molecule has 0 saturated heterocycles. The molecular weight excluding hydrogens is 76.8 g/mol. The first kappa shape index (κ1) is 8.84. The van der Waals surface area contributed by atoms with Gasteiger partial charge in [0.15, 0.2) is 0 Å². The SMILES string of the molecule is [Ar].[B]C#N. The minimum atomic E-state index is 0. The Morgan fingerprint density at radius 2 is 1.75 bits per heavy atom. The van der Waals surface area contributed by atoms with Crippen molar-refractivity contribution < 1.29 is 37.7 Å². The van der Waals surface area contributed by atoms with Crippen molar-refractivity contribution in [3.05, 3.63) is 0 Å². The van der Waals surface area contributed by atoms with Gasteiger partial charge in [0, 0.05) is 37.7 Å². The average Bonchev–Trinajstić information content (AvgIpc) is 0.918. The largest absolute Gasteiger partial charge is 0.229 e. The third kappa shape index (κ3) is 14.0. The van der Waals surface area contributed by atoms with Crippen LogP contribution in [0.15, 0.2) is 0 Å². The molecule has 0 aromatic carbocycles. The third-order valence-corrected chi connectivity index (χ3v) is 0. The summed E-state index contributed by atoms with van der Waals surface area (Å²) >= 11 is 0. The molecule has 2 radical (unpaired) electrons. The summed E-state index contributed by atoms with van der Waals surface area (Å²) in [6.45, 7) is 0. The summed E-state index contributed by atoms with van der Waals surface area (Å²) in [5.41, 5.74) is 0. The second kappa shape index (κ2) is 9.18. The first-order chi connectivity index (χ1) is 1.41. The summed E-state index contributed by atoms with van der Waals surface area (Å²) < 4.78 is 0. The van der Waals surface area contributed by atoms with Crippen LogP contribution < -0.4 is 0 Å². The first-order valence-electron chi connectivity index (χ1n) is 0.512. The molecule has 0 aromatic heterocycles. The molecule has 0 saturated carbocycles. The molecule has 0 amide bonds. The van der Waals surface area contributed by atoms with E-state index in [2.05, 4.69) is 7.85 Å². The van der Waals surface area contributed by atoms with Gasteiger partial charge in [-0.15, -0.1) is 0 Å². The van der Waals surface area contributed by atoms with E-state index >= 15 is 0 Å². The molecule has 3 heteroatoms. The van der Waals surface area contributed by atoms with Crippen LogP contribution in [0.5, 0.6) is 0 Å². The van der Waals surface area contributed by atoms with E-state index in [4.69, 9.17) is 5.26 Å². The second-order valence-electron chi connectivity index (χ2n) is 0.129. The molecule has 0 aliphatic rings. The smallest absolute Gasteiger partial charge is 0.214 e. The maximum Gasteiger partial charge on any atom is 0.229 e. The monoisotopic (exact) mass is 77.0 g/mol. The Kier molecular flexibility index (Phi) is 20.3. The second-order valence-corrected chi connectivity index (χ2v) is 0.129. The van der Waals surface area contributed by atoms with Gasteiger partial charge in [0.25, 0.3) is 0 Å². The third-order valence-electron chi connectivity index (χ3n) is 0. The molecule has 0 unspecified atom stereocenters. The van der Waals surface area contributed by atoms with E-state index in [1.807, 2.05) is 0 Å². The molecule has 0 heterocycles. The van der Waals surface area contributed by atoms with Crippen molar-refractivity contribution in [2.24, 2.45) is 0 Å². The van der Waals surface area contributed by atoms with Gasteiger partial charge in [0.1, 0.15) is 0 Å². The van der Waals surface area contributed by atoms with E-state index in [9.17, 15) is 0 Å². The van der Waals surface area contributed by atoms with Gasteiger partial charge >= 0.3 is 0 Å². The zero-order valence-electron chi connectivity index (χ0n) is 1.88. The van der Waals surface area contributed by atoms with E-state index in [1.165, 1.54) is 5.97 Å². The summed E-state index contributed by atoms with van der Waals surface area (Å²) in [5, 5.41) is 7.10. The average molecular weight is 76.8 g/mol. The van der Waals surface area contributed by atoms with Crippen molar-refractivity contribution in [2.45, 2.75) is 0 Å². The molecule has 4 heavy (non-hydrogen) atoms. The standard InChI is InChI=1S/CBN.Ar/c2-1-3;. The molecular formula is CArBN. The first-order valence-corrected chi connectivity index (χ1v) is 0.512. The van der Waals surface area contributed by atoms with Gasteiger partial charge in [-0.2, -0.15) is 0 Å². The summed E-state index contributed by atoms with van der Waals surface area (Å²) in [5.74, 6) is 1.25. The summed E-state index contributed by atoms with van der Waals surface area (Å²) in [7, 11) is 4.15. The fraction of sp³-hybridized carbons (Fsp3) is 0. The van der Waals surface area contributed by atoms with Gasteiger partial charge in [-0.1, -0.05) is 0 Å². The number of hydrogen-bond acceptors (Lipinski definition) is 1. The van der Waals surface area contributed by atoms with Crippen LogP contribution in [0, 0.1) is 49.0 Å². The van der Waals surface area contributed by atoms with Crippen LogP contribution in [-0.2, 0) is 0 Å². The molecule has 0 rings (SSSR count). The van der Waals surface area contributed by atoms with Crippen LogP contribution >= 0.6 is 0 Å². The molecule has 0 fully saturated rings. The van der Waals surface area contributed by atoms with Crippen LogP contribution in [0.3, 0.4) is 0 Å². The number of nitrogens with zero attached hydrogens (tertiary/aromatic N) is 1. The zero-order chi connectivity index (χ0) is 2.71. The van der Waals surface area contributed by atoms with Crippen LogP contribution in [-0.4, -0.2) is 7.85 Å². The summed E-state index contributed by atoms with van der Waals surface area (Å²) in [6.07, 6.45) is 0. The Morgan fingerprint density at radius 1 is 1.75 bits per heavy atom. The Morgan fingerprint density at radius 3 is 1.75 bits per heavy atom. The molecule has 0 atom stereocenters. The van der Waals surface area contributed by atoms with Gasteiger partial charge in [0.05, 0.1) is 0 Å². The van der Waals surface area contributed by atoms with Crippen molar-refractivity contribution in [2.75, 3.05) is 0 Å². The van der Waals surface area contributed by atoms with Crippen LogP contribution in [0.4, 0.5) is 0 Å². The van der Waals surface area contributed by atoms with Gasteiger partial charge in [-0.05, 0) is 5.97 Å². The maximum absolute atomic E-state index is 7.10. The normalized spacial score (nSPS) is 1.75. The van der Waals surface area contributed by atoms with E-state index in [0.717, 1.165) is 0 Å². The molecule has 0 aromatic rings. The van der Waals surface area contributed by atoms with E-state index < -0.39 is 0 Å². The molecule has 0 aliphatic heterocycles. The molecule has 20 valence electrons. The molecule has 0 bridgehead atoms. The van der Waals surface area contributed by atoms with Crippen LogP contribution in [0.1, 0.15) is 0 Å². The number of nitriles is 1. The van der Waals surface area contributed by atoms with Crippen molar-refractivity contribution in [3.63, 3.8) is 0 Å². The predicted octanol–water partition coefficient (Wildman–Crippen LogP) is -0.364. The zero-order valence-corrected chi connectivity index (χ0v) is 2.59.